The molecule has 0 bridgehead atoms. The Morgan fingerprint density at radius 2 is 1.72 bits per heavy atom. The van der Waals surface area contributed by atoms with E-state index < -0.39 is 15.8 Å². The quantitative estimate of drug-likeness (QED) is 0.885. The van der Waals surface area contributed by atoms with Crippen LogP contribution in [-0.4, -0.2) is 33.6 Å². The van der Waals surface area contributed by atoms with Gasteiger partial charge in [-0.2, -0.15) is 0 Å². The van der Waals surface area contributed by atoms with Crippen LogP contribution >= 0.6 is 0 Å². The summed E-state index contributed by atoms with van der Waals surface area (Å²) in [6, 6.07) is 6.32. The minimum Gasteiger partial charge on any atom is -0.478 e. The summed E-state index contributed by atoms with van der Waals surface area (Å²) >= 11 is 0. The molecule has 2 aromatic rings. The van der Waals surface area contributed by atoms with Crippen LogP contribution in [0.1, 0.15) is 27.0 Å². The molecule has 0 spiro atoms. The molecule has 0 atom stereocenters. The first-order valence-electron chi connectivity index (χ1n) is 7.69. The Hall–Kier alpha value is -2.54. The third kappa shape index (κ3) is 2.95. The predicted octanol–water partition coefficient (Wildman–Crippen LogP) is 3.15. The number of hydrogen-bond donors (Lipinski definition) is 1. The average Bonchev–Trinajstić information content (AvgIpc) is 2.61. The van der Waals surface area contributed by atoms with Crippen LogP contribution in [0, 0.1) is 13.8 Å². The number of nitrogens with zero attached hydrogens (tertiary/aromatic N) is 1. The number of rotatable bonds is 2. The van der Waals surface area contributed by atoms with Gasteiger partial charge in [-0.3, -0.25) is 0 Å². The summed E-state index contributed by atoms with van der Waals surface area (Å²) in [6.45, 7) is 3.51. The lowest BCUT2D eigenvalue weighted by molar-refractivity contribution is 0.0696. The molecule has 0 radical (unpaired) electrons. The molecule has 0 aliphatic carbocycles. The van der Waals surface area contributed by atoms with Crippen molar-refractivity contribution in [1.29, 1.82) is 0 Å². The third-order valence-electron chi connectivity index (χ3n) is 4.22. The van der Waals surface area contributed by atoms with Crippen molar-refractivity contribution >= 4 is 21.5 Å². The maximum atomic E-state index is 12.9. The van der Waals surface area contributed by atoms with Crippen LogP contribution in [0.2, 0.25) is 0 Å². The zero-order chi connectivity index (χ0) is 18.5. The second-order valence-corrected chi connectivity index (χ2v) is 8.39. The van der Waals surface area contributed by atoms with Crippen molar-refractivity contribution in [2.75, 3.05) is 19.0 Å². The van der Waals surface area contributed by atoms with E-state index in [1.807, 2.05) is 32.0 Å². The molecule has 6 nitrogen and oxygen atoms in total. The summed E-state index contributed by atoms with van der Waals surface area (Å²) in [5.74, 6) is -0.696. The second-order valence-electron chi connectivity index (χ2n) is 6.43. The van der Waals surface area contributed by atoms with Gasteiger partial charge >= 0.3 is 5.97 Å². The van der Waals surface area contributed by atoms with Gasteiger partial charge in [0.2, 0.25) is 0 Å². The number of hydrogen-bond acceptors (Lipinski definition) is 5. The molecule has 3 rings (SSSR count). The highest BCUT2D eigenvalue weighted by Crippen LogP contribution is 2.43. The summed E-state index contributed by atoms with van der Waals surface area (Å²) in [4.78, 5) is 13.1. The van der Waals surface area contributed by atoms with Gasteiger partial charge in [-0.1, -0.05) is 0 Å². The molecule has 2 aromatic carbocycles. The van der Waals surface area contributed by atoms with Crippen molar-refractivity contribution < 1.29 is 23.1 Å². The first-order chi connectivity index (χ1) is 11.6. The van der Waals surface area contributed by atoms with Crippen LogP contribution in [0.3, 0.4) is 0 Å². The summed E-state index contributed by atoms with van der Waals surface area (Å²) in [5, 5.41) is 9.23. The minimum absolute atomic E-state index is 0.0694. The lowest BCUT2D eigenvalue weighted by atomic mass is 10.1. The van der Waals surface area contributed by atoms with Crippen molar-refractivity contribution in [3.8, 4) is 11.5 Å². The zero-order valence-corrected chi connectivity index (χ0v) is 15.3. The molecule has 25 heavy (non-hydrogen) atoms. The number of fused-ring (bicyclic) bond motifs is 2. The number of carboxylic acid groups (broad SMARTS) is 1. The molecule has 1 heterocycles. The Morgan fingerprint density at radius 1 is 1.08 bits per heavy atom. The Morgan fingerprint density at radius 3 is 2.32 bits per heavy atom. The molecule has 0 saturated heterocycles. The molecule has 0 fully saturated rings. The fourth-order valence-electron chi connectivity index (χ4n) is 2.95. The molecular weight excluding hydrogens is 342 g/mol. The number of ether oxygens (including phenoxy) is 1. The molecule has 1 aliphatic heterocycles. The fraction of sp³-hybridized carbons (Fsp3) is 0.278. The zero-order valence-electron chi connectivity index (χ0n) is 14.5. The lowest BCUT2D eigenvalue weighted by Gasteiger charge is -2.18. The van der Waals surface area contributed by atoms with Gasteiger partial charge < -0.3 is 14.7 Å². The van der Waals surface area contributed by atoms with E-state index in [0.29, 0.717) is 16.9 Å². The van der Waals surface area contributed by atoms with E-state index in [9.17, 15) is 18.3 Å². The highest BCUT2D eigenvalue weighted by Gasteiger charge is 2.30. The average molecular weight is 361 g/mol. The van der Waals surface area contributed by atoms with E-state index >= 15 is 0 Å². The number of benzene rings is 2. The highest BCUT2D eigenvalue weighted by atomic mass is 32.2. The van der Waals surface area contributed by atoms with E-state index in [-0.39, 0.29) is 22.0 Å². The maximum Gasteiger partial charge on any atom is 0.335 e. The van der Waals surface area contributed by atoms with E-state index in [0.717, 1.165) is 11.3 Å². The third-order valence-corrected chi connectivity index (χ3v) is 5.89. The second kappa shape index (κ2) is 5.77. The highest BCUT2D eigenvalue weighted by molar-refractivity contribution is 7.90. The Balaban J connectivity index is 2.28. The standard InChI is InChI=1S/C18H19NO5S/c1-10-5-12(18(20)21)8-15-17(10)24-16-11(2)6-14(19(3)4)7-13(16)9-25(15,22)23/h5-8H,9H2,1-4H3,(H,20,21). The van der Waals surface area contributed by atoms with Crippen LogP contribution in [0.5, 0.6) is 11.5 Å². The van der Waals surface area contributed by atoms with E-state index in [2.05, 4.69) is 0 Å². The van der Waals surface area contributed by atoms with Crippen molar-refractivity contribution in [2.45, 2.75) is 24.5 Å². The van der Waals surface area contributed by atoms with Gasteiger partial charge in [0.25, 0.3) is 0 Å². The van der Waals surface area contributed by atoms with Gasteiger partial charge in [-0.05, 0) is 49.2 Å². The molecule has 7 heteroatoms. The predicted molar refractivity (Wildman–Crippen MR) is 94.6 cm³/mol. The normalized spacial score (nSPS) is 14.7. The molecule has 1 aliphatic rings. The maximum absolute atomic E-state index is 12.9. The van der Waals surface area contributed by atoms with Crippen molar-refractivity contribution in [2.24, 2.45) is 0 Å². The molecule has 0 unspecified atom stereocenters. The van der Waals surface area contributed by atoms with Crippen LogP contribution in [0.4, 0.5) is 5.69 Å². The topological polar surface area (TPSA) is 83.9 Å². The summed E-state index contributed by atoms with van der Waals surface area (Å²) in [7, 11) is 0.0239. The SMILES string of the molecule is Cc1cc(N(C)C)cc2c1Oc1c(C)cc(C(=O)O)cc1S(=O)(=O)C2. The molecular formula is C18H19NO5S. The van der Waals surface area contributed by atoms with Crippen LogP contribution < -0.4 is 9.64 Å². The lowest BCUT2D eigenvalue weighted by Crippen LogP contribution is -2.10. The van der Waals surface area contributed by atoms with Crippen LogP contribution in [0.25, 0.3) is 0 Å². The number of aryl methyl sites for hydroxylation is 2. The van der Waals surface area contributed by atoms with Gasteiger partial charge in [0, 0.05) is 25.3 Å². The van der Waals surface area contributed by atoms with Crippen molar-refractivity contribution in [3.63, 3.8) is 0 Å². The van der Waals surface area contributed by atoms with Gasteiger partial charge in [0.1, 0.15) is 16.4 Å². The smallest absolute Gasteiger partial charge is 0.335 e. The summed E-state index contributed by atoms with van der Waals surface area (Å²) in [6.07, 6.45) is 0. The number of aromatic carboxylic acids is 1. The molecule has 0 amide bonds. The monoisotopic (exact) mass is 361 g/mol. The Bertz CT molecular complexity index is 993. The molecule has 0 saturated carbocycles. The Kier molecular flexibility index (Phi) is 3.99. The van der Waals surface area contributed by atoms with E-state index in [1.54, 1.807) is 13.0 Å². The number of carboxylic acids is 1. The van der Waals surface area contributed by atoms with Gasteiger partial charge in [0.15, 0.2) is 9.84 Å². The van der Waals surface area contributed by atoms with Crippen molar-refractivity contribution in [3.05, 3.63) is 46.5 Å². The van der Waals surface area contributed by atoms with Gasteiger partial charge in [0.05, 0.1) is 11.3 Å². The first-order valence-corrected chi connectivity index (χ1v) is 9.35. The Labute approximate surface area is 146 Å². The van der Waals surface area contributed by atoms with Crippen molar-refractivity contribution in [1.82, 2.24) is 0 Å². The van der Waals surface area contributed by atoms with E-state index in [1.165, 1.54) is 12.1 Å². The first kappa shape index (κ1) is 17.3. The molecule has 0 aromatic heterocycles. The van der Waals surface area contributed by atoms with Crippen LogP contribution in [-0.2, 0) is 15.6 Å². The minimum atomic E-state index is -3.74. The van der Waals surface area contributed by atoms with E-state index in [4.69, 9.17) is 4.74 Å². The summed E-state index contributed by atoms with van der Waals surface area (Å²) in [5.41, 5.74) is 2.67. The van der Waals surface area contributed by atoms with Gasteiger partial charge in [-0.25, -0.2) is 13.2 Å². The number of sulfone groups is 1. The largest absolute Gasteiger partial charge is 0.478 e. The number of anilines is 1. The van der Waals surface area contributed by atoms with Crippen LogP contribution in [0.15, 0.2) is 29.2 Å². The molecule has 132 valence electrons. The summed E-state index contributed by atoms with van der Waals surface area (Å²) < 4.78 is 31.8. The van der Waals surface area contributed by atoms with Gasteiger partial charge in [-0.15, -0.1) is 0 Å². The number of carbonyl (C=O) groups is 1. The fourth-order valence-corrected chi connectivity index (χ4v) is 4.52. The molecule has 1 N–H and O–H groups in total.